The Morgan fingerprint density at radius 3 is 2.55 bits per heavy atom. The zero-order chi connectivity index (χ0) is 23.6. The Morgan fingerprint density at radius 2 is 1.82 bits per heavy atom. The quantitative estimate of drug-likeness (QED) is 0.530. The Kier molecular flexibility index (Phi) is 6.86. The maximum Gasteiger partial charge on any atom is 0.243 e. The third kappa shape index (κ3) is 4.96. The number of hydrogen-bond acceptors (Lipinski definition) is 4. The summed E-state index contributed by atoms with van der Waals surface area (Å²) < 4.78 is 29.6. The molecule has 0 atom stereocenters. The molecular weight excluding hydrogens is 436 g/mol. The van der Waals surface area contributed by atoms with Gasteiger partial charge < -0.3 is 9.47 Å². The summed E-state index contributed by atoms with van der Waals surface area (Å²) in [6, 6.07) is 13.2. The lowest BCUT2D eigenvalue weighted by molar-refractivity contribution is -0.130. The lowest BCUT2D eigenvalue weighted by atomic mass is 10.1. The van der Waals surface area contributed by atoms with E-state index in [2.05, 4.69) is 4.98 Å². The van der Waals surface area contributed by atoms with Crippen molar-refractivity contribution in [2.75, 3.05) is 20.1 Å². The van der Waals surface area contributed by atoms with Gasteiger partial charge in [0, 0.05) is 46.6 Å². The largest absolute Gasteiger partial charge is 0.341 e. The second-order valence-corrected chi connectivity index (χ2v) is 10.8. The highest BCUT2D eigenvalue weighted by Crippen LogP contribution is 2.25. The van der Waals surface area contributed by atoms with E-state index >= 15 is 0 Å². The third-order valence-electron chi connectivity index (χ3n) is 6.55. The van der Waals surface area contributed by atoms with Crippen LogP contribution in [0.4, 0.5) is 0 Å². The van der Waals surface area contributed by atoms with E-state index in [4.69, 9.17) is 0 Å². The van der Waals surface area contributed by atoms with Crippen molar-refractivity contribution in [2.24, 2.45) is 7.05 Å². The normalized spacial score (nSPS) is 15.1. The molecule has 0 saturated carbocycles. The second-order valence-electron chi connectivity index (χ2n) is 8.88. The number of nitrogens with zero attached hydrogens (tertiary/aromatic N) is 4. The molecule has 33 heavy (non-hydrogen) atoms. The minimum absolute atomic E-state index is 0.0543. The maximum absolute atomic E-state index is 13.0. The minimum Gasteiger partial charge on any atom is -0.341 e. The van der Waals surface area contributed by atoms with Crippen LogP contribution in [0.2, 0.25) is 0 Å². The van der Waals surface area contributed by atoms with Gasteiger partial charge in [-0.05, 0) is 49.1 Å². The van der Waals surface area contributed by atoms with E-state index in [0.717, 1.165) is 36.2 Å². The molecular formula is C25H32N4O3S. The Labute approximate surface area is 196 Å². The molecule has 4 rings (SSSR count). The molecule has 0 bridgehead atoms. The first-order chi connectivity index (χ1) is 15.8. The van der Waals surface area contributed by atoms with Crippen LogP contribution in [-0.4, -0.2) is 53.2 Å². The molecule has 0 N–H and O–H groups in total. The van der Waals surface area contributed by atoms with Gasteiger partial charge in [0.1, 0.15) is 5.82 Å². The predicted molar refractivity (Wildman–Crippen MR) is 129 cm³/mol. The molecule has 0 aliphatic carbocycles. The fourth-order valence-corrected chi connectivity index (χ4v) is 5.95. The number of aromatic nitrogens is 2. The molecule has 1 fully saturated rings. The molecule has 2 aromatic carbocycles. The molecule has 2 heterocycles. The molecule has 1 amide bonds. The van der Waals surface area contributed by atoms with E-state index in [1.54, 1.807) is 21.3 Å². The second kappa shape index (κ2) is 9.65. The van der Waals surface area contributed by atoms with Gasteiger partial charge in [0.15, 0.2) is 0 Å². The summed E-state index contributed by atoms with van der Waals surface area (Å²) in [5.74, 6) is 0.828. The number of aryl methyl sites for hydroxylation is 3. The number of piperidine rings is 1. The van der Waals surface area contributed by atoms with Crippen molar-refractivity contribution in [3.63, 3.8) is 0 Å². The van der Waals surface area contributed by atoms with Gasteiger partial charge in [-0.3, -0.25) is 4.79 Å². The summed E-state index contributed by atoms with van der Waals surface area (Å²) in [6.07, 6.45) is 3.73. The Bertz CT molecular complexity index is 1260. The summed E-state index contributed by atoms with van der Waals surface area (Å²) in [5.41, 5.74) is 3.82. The molecule has 1 aliphatic heterocycles. The van der Waals surface area contributed by atoms with Crippen LogP contribution in [0.15, 0.2) is 47.4 Å². The van der Waals surface area contributed by atoms with Gasteiger partial charge in [0.05, 0.1) is 15.9 Å². The fourth-order valence-electron chi connectivity index (χ4n) is 4.41. The van der Waals surface area contributed by atoms with Crippen molar-refractivity contribution in [2.45, 2.75) is 50.5 Å². The first kappa shape index (κ1) is 23.4. The molecule has 0 unspecified atom stereocenters. The number of imidazole rings is 1. The summed E-state index contributed by atoms with van der Waals surface area (Å²) in [4.78, 5) is 19.4. The van der Waals surface area contributed by atoms with Crippen LogP contribution in [0.1, 0.15) is 42.6 Å². The number of carbonyl (C=O) groups is 1. The van der Waals surface area contributed by atoms with E-state index in [1.807, 2.05) is 55.9 Å². The van der Waals surface area contributed by atoms with E-state index in [0.29, 0.717) is 38.0 Å². The molecule has 8 heteroatoms. The summed E-state index contributed by atoms with van der Waals surface area (Å²) in [5, 5.41) is 0. The maximum atomic E-state index is 13.0. The van der Waals surface area contributed by atoms with Crippen molar-refractivity contribution in [3.05, 3.63) is 59.4 Å². The molecule has 1 aliphatic rings. The molecule has 1 aromatic heterocycles. The van der Waals surface area contributed by atoms with Crippen molar-refractivity contribution in [1.29, 1.82) is 0 Å². The van der Waals surface area contributed by atoms with Crippen molar-refractivity contribution in [1.82, 2.24) is 18.8 Å². The van der Waals surface area contributed by atoms with E-state index in [9.17, 15) is 13.2 Å². The highest BCUT2D eigenvalue weighted by atomic mass is 32.2. The summed E-state index contributed by atoms with van der Waals surface area (Å²) >= 11 is 0. The van der Waals surface area contributed by atoms with Crippen molar-refractivity contribution >= 4 is 27.0 Å². The zero-order valence-corrected chi connectivity index (χ0v) is 20.4. The predicted octanol–water partition coefficient (Wildman–Crippen LogP) is 3.65. The van der Waals surface area contributed by atoms with Gasteiger partial charge in [-0.1, -0.05) is 30.7 Å². The number of fused-ring (bicyclic) bond motifs is 1. The fraction of sp³-hybridized carbons (Fsp3) is 0.440. The van der Waals surface area contributed by atoms with E-state index < -0.39 is 10.0 Å². The number of sulfonamides is 1. The van der Waals surface area contributed by atoms with Crippen LogP contribution < -0.4 is 0 Å². The first-order valence-corrected chi connectivity index (χ1v) is 13.0. The van der Waals surface area contributed by atoms with Crippen LogP contribution in [0.3, 0.4) is 0 Å². The average molecular weight is 469 g/mol. The van der Waals surface area contributed by atoms with Crippen LogP contribution in [0, 0.1) is 6.92 Å². The molecule has 176 valence electrons. The molecule has 0 spiro atoms. The van der Waals surface area contributed by atoms with E-state index in [-0.39, 0.29) is 10.8 Å². The van der Waals surface area contributed by atoms with Gasteiger partial charge in [0.25, 0.3) is 0 Å². The van der Waals surface area contributed by atoms with Crippen molar-refractivity contribution < 1.29 is 13.2 Å². The highest BCUT2D eigenvalue weighted by molar-refractivity contribution is 7.89. The van der Waals surface area contributed by atoms with Gasteiger partial charge >= 0.3 is 0 Å². The van der Waals surface area contributed by atoms with Crippen LogP contribution >= 0.6 is 0 Å². The van der Waals surface area contributed by atoms with Gasteiger partial charge in [-0.15, -0.1) is 0 Å². The summed E-state index contributed by atoms with van der Waals surface area (Å²) in [6.45, 7) is 3.77. The minimum atomic E-state index is -3.50. The standard InChI is InChI=1S/C25H32N4O3S/c1-19-9-5-6-10-20(19)18-27(2)25(30)14-13-24-26-22-17-21(11-12-23(22)28(24)3)33(31,32)29-15-7-4-8-16-29/h5-6,9-12,17H,4,7-8,13-16,18H2,1-3H3. The highest BCUT2D eigenvalue weighted by Gasteiger charge is 2.26. The lowest BCUT2D eigenvalue weighted by Crippen LogP contribution is -2.35. The Morgan fingerprint density at radius 1 is 1.09 bits per heavy atom. The lowest BCUT2D eigenvalue weighted by Gasteiger charge is -2.25. The smallest absolute Gasteiger partial charge is 0.243 e. The number of rotatable bonds is 7. The molecule has 7 nitrogen and oxygen atoms in total. The molecule has 1 saturated heterocycles. The number of benzene rings is 2. The van der Waals surface area contributed by atoms with Crippen molar-refractivity contribution in [3.8, 4) is 0 Å². The van der Waals surface area contributed by atoms with E-state index in [1.165, 1.54) is 5.56 Å². The first-order valence-electron chi connectivity index (χ1n) is 11.5. The topological polar surface area (TPSA) is 75.5 Å². The number of amides is 1. The Hall–Kier alpha value is -2.71. The SMILES string of the molecule is Cc1ccccc1CN(C)C(=O)CCc1nc2cc(S(=O)(=O)N3CCCCC3)ccc2n1C. The molecule has 0 radical (unpaired) electrons. The monoisotopic (exact) mass is 468 g/mol. The van der Waals surface area contributed by atoms with Gasteiger partial charge in [-0.25, -0.2) is 13.4 Å². The van der Waals surface area contributed by atoms with Crippen LogP contribution in [0.25, 0.3) is 11.0 Å². The molecule has 3 aromatic rings. The summed E-state index contributed by atoms with van der Waals surface area (Å²) in [7, 11) is 0.225. The number of hydrogen-bond donors (Lipinski definition) is 0. The Balaban J connectivity index is 1.46. The van der Waals surface area contributed by atoms with Crippen LogP contribution in [0.5, 0.6) is 0 Å². The van der Waals surface area contributed by atoms with Gasteiger partial charge in [0.2, 0.25) is 15.9 Å². The zero-order valence-electron chi connectivity index (χ0n) is 19.6. The van der Waals surface area contributed by atoms with Crippen LogP contribution in [-0.2, 0) is 34.8 Å². The van der Waals surface area contributed by atoms with Gasteiger partial charge in [-0.2, -0.15) is 4.31 Å². The average Bonchev–Trinajstić information content (AvgIpc) is 3.14. The third-order valence-corrected chi connectivity index (χ3v) is 8.45. The number of carbonyl (C=O) groups excluding carboxylic acids is 1.